The summed E-state index contributed by atoms with van der Waals surface area (Å²) in [6.07, 6.45) is -0.213. The number of amides is 1. The average molecular weight is 260 g/mol. The van der Waals surface area contributed by atoms with Crippen LogP contribution < -0.4 is 5.01 Å². The van der Waals surface area contributed by atoms with Crippen LogP contribution in [0.2, 0.25) is 0 Å². The molecule has 1 aromatic rings. The molecule has 5 nitrogen and oxygen atoms in total. The number of carboxylic acids is 1. The molecule has 0 spiro atoms. The van der Waals surface area contributed by atoms with Crippen molar-refractivity contribution in [2.45, 2.75) is 27.2 Å². The van der Waals surface area contributed by atoms with Crippen molar-refractivity contribution in [3.05, 3.63) is 29.3 Å². The van der Waals surface area contributed by atoms with Crippen molar-refractivity contribution in [2.24, 2.45) is 11.0 Å². The van der Waals surface area contributed by atoms with Gasteiger partial charge in [-0.15, -0.1) is 0 Å². The van der Waals surface area contributed by atoms with Crippen molar-refractivity contribution >= 4 is 23.3 Å². The summed E-state index contributed by atoms with van der Waals surface area (Å²) in [5.41, 5.74) is 3.31. The van der Waals surface area contributed by atoms with Crippen molar-refractivity contribution < 1.29 is 14.7 Å². The summed E-state index contributed by atoms with van der Waals surface area (Å²) >= 11 is 0. The maximum absolute atomic E-state index is 12.2. The van der Waals surface area contributed by atoms with Gasteiger partial charge >= 0.3 is 5.97 Å². The highest BCUT2D eigenvalue weighted by atomic mass is 16.4. The lowest BCUT2D eigenvalue weighted by Crippen LogP contribution is -2.29. The third-order valence-electron chi connectivity index (χ3n) is 3.23. The minimum atomic E-state index is -0.990. The number of aliphatic carboxylic acids is 1. The van der Waals surface area contributed by atoms with Crippen LogP contribution in [-0.4, -0.2) is 22.7 Å². The Labute approximate surface area is 111 Å². The van der Waals surface area contributed by atoms with Gasteiger partial charge in [0.05, 0.1) is 18.0 Å². The van der Waals surface area contributed by atoms with E-state index in [-0.39, 0.29) is 12.3 Å². The Balaban J connectivity index is 2.33. The number of rotatable bonds is 3. The quantitative estimate of drug-likeness (QED) is 0.904. The fourth-order valence-corrected chi connectivity index (χ4v) is 2.23. The molecule has 100 valence electrons. The van der Waals surface area contributed by atoms with E-state index < -0.39 is 11.9 Å². The summed E-state index contributed by atoms with van der Waals surface area (Å²) in [5, 5.41) is 14.4. The van der Waals surface area contributed by atoms with Crippen LogP contribution in [0.1, 0.15) is 24.5 Å². The molecular weight excluding hydrogens is 244 g/mol. The second kappa shape index (κ2) is 4.84. The first-order valence-electron chi connectivity index (χ1n) is 6.08. The Bertz CT molecular complexity index is 578. The van der Waals surface area contributed by atoms with Crippen LogP contribution in [0, 0.1) is 19.8 Å². The van der Waals surface area contributed by atoms with E-state index in [0.717, 1.165) is 11.1 Å². The molecule has 5 heteroatoms. The second-order valence-corrected chi connectivity index (χ2v) is 4.83. The van der Waals surface area contributed by atoms with E-state index in [9.17, 15) is 9.59 Å². The molecule has 0 radical (unpaired) electrons. The maximum Gasteiger partial charge on any atom is 0.304 e. The minimum Gasteiger partial charge on any atom is -0.481 e. The SMILES string of the molecule is CC1=NN(c2ccc(C)cc2C)C(=O)C1CC(=O)O. The standard InChI is InChI=1S/C14H16N2O3/c1-8-4-5-12(9(2)6-8)16-14(19)11(7-13(17)18)10(3)15-16/h4-6,11H,7H2,1-3H3,(H,17,18). The lowest BCUT2D eigenvalue weighted by Gasteiger charge is -2.16. The summed E-state index contributed by atoms with van der Waals surface area (Å²) in [7, 11) is 0. The van der Waals surface area contributed by atoms with Gasteiger partial charge in [0.2, 0.25) is 0 Å². The first-order valence-corrected chi connectivity index (χ1v) is 6.08. The molecule has 0 saturated heterocycles. The highest BCUT2D eigenvalue weighted by Gasteiger charge is 2.36. The number of benzene rings is 1. The lowest BCUT2D eigenvalue weighted by molar-refractivity contribution is -0.139. The summed E-state index contributed by atoms with van der Waals surface area (Å²) in [6, 6.07) is 5.71. The van der Waals surface area contributed by atoms with Gasteiger partial charge in [0, 0.05) is 5.71 Å². The molecule has 1 aromatic carbocycles. The smallest absolute Gasteiger partial charge is 0.304 e. The molecule has 0 fully saturated rings. The van der Waals surface area contributed by atoms with Gasteiger partial charge in [-0.25, -0.2) is 0 Å². The average Bonchev–Trinajstić information content (AvgIpc) is 2.57. The van der Waals surface area contributed by atoms with E-state index in [1.54, 1.807) is 6.92 Å². The number of anilines is 1. The molecular formula is C14H16N2O3. The zero-order valence-corrected chi connectivity index (χ0v) is 11.2. The molecule has 1 aliphatic heterocycles. The van der Waals surface area contributed by atoms with Gasteiger partial charge in [-0.2, -0.15) is 10.1 Å². The summed E-state index contributed by atoms with van der Waals surface area (Å²) in [5.74, 6) is -1.92. The van der Waals surface area contributed by atoms with E-state index in [1.807, 2.05) is 32.0 Å². The van der Waals surface area contributed by atoms with Crippen molar-refractivity contribution in [3.8, 4) is 0 Å². The van der Waals surface area contributed by atoms with E-state index in [4.69, 9.17) is 5.11 Å². The largest absolute Gasteiger partial charge is 0.481 e. The number of carboxylic acid groups (broad SMARTS) is 1. The van der Waals surface area contributed by atoms with Gasteiger partial charge in [0.15, 0.2) is 0 Å². The van der Waals surface area contributed by atoms with Crippen LogP contribution in [-0.2, 0) is 9.59 Å². The van der Waals surface area contributed by atoms with E-state index >= 15 is 0 Å². The molecule has 1 N–H and O–H groups in total. The van der Waals surface area contributed by atoms with E-state index in [0.29, 0.717) is 11.4 Å². The molecule has 0 aliphatic carbocycles. The predicted molar refractivity (Wildman–Crippen MR) is 72.3 cm³/mol. The molecule has 1 unspecified atom stereocenters. The third-order valence-corrected chi connectivity index (χ3v) is 3.23. The fraction of sp³-hybridized carbons (Fsp3) is 0.357. The van der Waals surface area contributed by atoms with Crippen LogP contribution in [0.5, 0.6) is 0 Å². The lowest BCUT2D eigenvalue weighted by atomic mass is 10.0. The number of hydrogen-bond acceptors (Lipinski definition) is 3. The van der Waals surface area contributed by atoms with Crippen molar-refractivity contribution in [2.75, 3.05) is 5.01 Å². The zero-order chi connectivity index (χ0) is 14.2. The highest BCUT2D eigenvalue weighted by Crippen LogP contribution is 2.28. The molecule has 1 amide bonds. The number of aryl methyl sites for hydroxylation is 2. The molecule has 1 aliphatic rings. The first-order chi connectivity index (χ1) is 8.90. The first kappa shape index (κ1) is 13.3. The second-order valence-electron chi connectivity index (χ2n) is 4.83. The van der Waals surface area contributed by atoms with Crippen LogP contribution >= 0.6 is 0 Å². The number of nitrogens with zero attached hydrogens (tertiary/aromatic N) is 2. The van der Waals surface area contributed by atoms with Gasteiger partial charge in [0.1, 0.15) is 0 Å². The van der Waals surface area contributed by atoms with Crippen molar-refractivity contribution in [3.63, 3.8) is 0 Å². The Hall–Kier alpha value is -2.17. The molecule has 2 rings (SSSR count). The van der Waals surface area contributed by atoms with Gasteiger partial charge < -0.3 is 5.11 Å². The summed E-state index contributed by atoms with van der Waals surface area (Å²) in [6.45, 7) is 5.57. The number of carbonyl (C=O) groups is 2. The summed E-state index contributed by atoms with van der Waals surface area (Å²) in [4.78, 5) is 23.0. The van der Waals surface area contributed by atoms with Gasteiger partial charge in [-0.1, -0.05) is 17.7 Å². The van der Waals surface area contributed by atoms with Gasteiger partial charge in [0.25, 0.3) is 5.91 Å². The predicted octanol–water partition coefficient (Wildman–Crippen LogP) is 2.12. The molecule has 1 heterocycles. The van der Waals surface area contributed by atoms with E-state index in [2.05, 4.69) is 5.10 Å². The van der Waals surface area contributed by atoms with Crippen molar-refractivity contribution in [1.82, 2.24) is 0 Å². The van der Waals surface area contributed by atoms with Gasteiger partial charge in [-0.05, 0) is 32.4 Å². The number of hydrazone groups is 1. The molecule has 19 heavy (non-hydrogen) atoms. The van der Waals surface area contributed by atoms with E-state index in [1.165, 1.54) is 5.01 Å². The van der Waals surface area contributed by atoms with Crippen LogP contribution in [0.15, 0.2) is 23.3 Å². The third kappa shape index (κ3) is 2.50. The highest BCUT2D eigenvalue weighted by molar-refractivity contribution is 6.16. The van der Waals surface area contributed by atoms with Crippen LogP contribution in [0.25, 0.3) is 0 Å². The van der Waals surface area contributed by atoms with Gasteiger partial charge in [-0.3, -0.25) is 9.59 Å². The Morgan fingerprint density at radius 1 is 1.37 bits per heavy atom. The number of hydrogen-bond donors (Lipinski definition) is 1. The topological polar surface area (TPSA) is 70.0 Å². The Morgan fingerprint density at radius 2 is 2.05 bits per heavy atom. The Kier molecular flexibility index (Phi) is 3.38. The molecule has 0 saturated carbocycles. The van der Waals surface area contributed by atoms with Crippen molar-refractivity contribution in [1.29, 1.82) is 0 Å². The molecule has 0 aromatic heterocycles. The maximum atomic E-state index is 12.2. The molecule has 0 bridgehead atoms. The monoisotopic (exact) mass is 260 g/mol. The summed E-state index contributed by atoms with van der Waals surface area (Å²) < 4.78 is 0. The zero-order valence-electron chi connectivity index (χ0n) is 11.2. The molecule has 1 atom stereocenters. The minimum absolute atomic E-state index is 0.213. The van der Waals surface area contributed by atoms with Crippen LogP contribution in [0.4, 0.5) is 5.69 Å². The normalized spacial score (nSPS) is 18.7. The number of carbonyl (C=O) groups excluding carboxylic acids is 1. The Morgan fingerprint density at radius 3 is 2.63 bits per heavy atom. The fourth-order valence-electron chi connectivity index (χ4n) is 2.23. The van der Waals surface area contributed by atoms with Crippen LogP contribution in [0.3, 0.4) is 0 Å².